The van der Waals surface area contributed by atoms with Crippen molar-refractivity contribution in [2.75, 3.05) is 32.7 Å². The number of ketones is 1. The molecule has 2 saturated heterocycles. The number of nitrogens with zero attached hydrogens (tertiary/aromatic N) is 3. The fourth-order valence-electron chi connectivity index (χ4n) is 3.53. The average molecular weight is 369 g/mol. The van der Waals surface area contributed by atoms with Crippen LogP contribution in [0, 0.1) is 0 Å². The number of aromatic nitrogens is 1. The summed E-state index contributed by atoms with van der Waals surface area (Å²) in [6.07, 6.45) is 3.51. The molecule has 8 heteroatoms. The summed E-state index contributed by atoms with van der Waals surface area (Å²) < 4.78 is 1.71. The van der Waals surface area contributed by atoms with Crippen molar-refractivity contribution in [1.29, 1.82) is 0 Å². The van der Waals surface area contributed by atoms with Crippen molar-refractivity contribution in [2.24, 2.45) is 7.05 Å². The highest BCUT2D eigenvalue weighted by atomic mass is 35.5. The summed E-state index contributed by atoms with van der Waals surface area (Å²) in [7, 11) is 1.78. The summed E-state index contributed by atoms with van der Waals surface area (Å²) >= 11 is 0. The number of hydrogen-bond acceptors (Lipinski definition) is 4. The van der Waals surface area contributed by atoms with Crippen LogP contribution in [0.1, 0.15) is 40.6 Å². The maximum atomic E-state index is 12.8. The van der Waals surface area contributed by atoms with Crippen molar-refractivity contribution < 1.29 is 14.4 Å². The van der Waals surface area contributed by atoms with Crippen LogP contribution in [-0.2, 0) is 11.8 Å². The predicted octanol–water partition coefficient (Wildman–Crippen LogP) is 0.686. The minimum atomic E-state index is -0.0720. The molecule has 7 nitrogen and oxygen atoms in total. The van der Waals surface area contributed by atoms with E-state index in [4.69, 9.17) is 0 Å². The largest absolute Gasteiger partial charge is 0.346 e. The maximum Gasteiger partial charge on any atom is 0.270 e. The first-order chi connectivity index (χ1) is 11.5. The molecule has 2 amide bonds. The second-order valence-electron chi connectivity index (χ2n) is 6.59. The van der Waals surface area contributed by atoms with Crippen LogP contribution in [0.4, 0.5) is 0 Å². The van der Waals surface area contributed by atoms with Crippen LogP contribution in [-0.4, -0.2) is 70.7 Å². The van der Waals surface area contributed by atoms with Gasteiger partial charge in [-0.1, -0.05) is 0 Å². The lowest BCUT2D eigenvalue weighted by Gasteiger charge is -2.41. The number of likely N-dealkylation sites (tertiary alicyclic amines) is 1. The standard InChI is InChI=1S/C17H24N4O3.ClH/c1-12(22)13-8-15(19(2)10-13)17(24)20-6-3-4-14(11-20)21-7-5-18-9-16(21)23;/h8,10,14,18H,3-7,9,11H2,1-2H3;1H. The number of piperazine rings is 1. The van der Waals surface area contributed by atoms with Crippen molar-refractivity contribution in [2.45, 2.75) is 25.8 Å². The number of halogens is 1. The van der Waals surface area contributed by atoms with Gasteiger partial charge in [-0.15, -0.1) is 12.4 Å². The molecule has 0 saturated carbocycles. The summed E-state index contributed by atoms with van der Waals surface area (Å²) in [6, 6.07) is 1.74. The van der Waals surface area contributed by atoms with Crippen LogP contribution in [0.15, 0.2) is 12.3 Å². The Balaban J connectivity index is 0.00000225. The number of carbonyl (C=O) groups excluding carboxylic acids is 3. The van der Waals surface area contributed by atoms with Crippen LogP contribution in [0.2, 0.25) is 0 Å². The fraction of sp³-hybridized carbons (Fsp3) is 0.588. The third-order valence-corrected chi connectivity index (χ3v) is 4.88. The van der Waals surface area contributed by atoms with Gasteiger partial charge in [-0.3, -0.25) is 14.4 Å². The highest BCUT2D eigenvalue weighted by Crippen LogP contribution is 2.20. The van der Waals surface area contributed by atoms with Crippen molar-refractivity contribution in [1.82, 2.24) is 19.7 Å². The van der Waals surface area contributed by atoms with Crippen LogP contribution < -0.4 is 5.32 Å². The maximum absolute atomic E-state index is 12.8. The third-order valence-electron chi connectivity index (χ3n) is 4.88. The van der Waals surface area contributed by atoms with E-state index >= 15 is 0 Å². The Morgan fingerprint density at radius 3 is 2.68 bits per heavy atom. The zero-order valence-corrected chi connectivity index (χ0v) is 15.5. The van der Waals surface area contributed by atoms with Gasteiger partial charge < -0.3 is 19.7 Å². The molecule has 2 aliphatic heterocycles. The highest BCUT2D eigenvalue weighted by Gasteiger charge is 2.32. The molecule has 1 N–H and O–H groups in total. The van der Waals surface area contributed by atoms with Crippen LogP contribution in [0.25, 0.3) is 0 Å². The van der Waals surface area contributed by atoms with E-state index in [2.05, 4.69) is 5.32 Å². The monoisotopic (exact) mass is 368 g/mol. The third kappa shape index (κ3) is 4.04. The molecule has 1 unspecified atom stereocenters. The Labute approximate surface area is 153 Å². The summed E-state index contributed by atoms with van der Waals surface area (Å²) in [5.41, 5.74) is 1.07. The van der Waals surface area contributed by atoms with E-state index in [-0.39, 0.29) is 36.0 Å². The Morgan fingerprint density at radius 2 is 2.04 bits per heavy atom. The first-order valence-electron chi connectivity index (χ1n) is 8.44. The number of carbonyl (C=O) groups is 3. The molecule has 0 bridgehead atoms. The second kappa shape index (κ2) is 8.01. The molecule has 2 aliphatic rings. The number of aryl methyl sites for hydroxylation is 1. The molecule has 25 heavy (non-hydrogen) atoms. The van der Waals surface area contributed by atoms with Gasteiger partial charge in [0, 0.05) is 51.0 Å². The molecule has 1 aromatic heterocycles. The summed E-state index contributed by atoms with van der Waals surface area (Å²) in [4.78, 5) is 40.2. The quantitative estimate of drug-likeness (QED) is 0.796. The van der Waals surface area contributed by atoms with E-state index in [1.54, 1.807) is 23.9 Å². The van der Waals surface area contributed by atoms with Gasteiger partial charge in [-0.25, -0.2) is 0 Å². The summed E-state index contributed by atoms with van der Waals surface area (Å²) in [5, 5.41) is 3.08. The molecule has 1 atom stereocenters. The molecule has 1 aromatic rings. The molecule has 0 spiro atoms. The van der Waals surface area contributed by atoms with Crippen molar-refractivity contribution >= 4 is 30.0 Å². The normalized spacial score (nSPS) is 21.0. The number of nitrogens with one attached hydrogen (secondary N) is 1. The van der Waals surface area contributed by atoms with E-state index in [0.29, 0.717) is 37.4 Å². The van der Waals surface area contributed by atoms with Gasteiger partial charge in [0.25, 0.3) is 5.91 Å². The smallest absolute Gasteiger partial charge is 0.270 e. The van der Waals surface area contributed by atoms with Crippen molar-refractivity contribution in [3.63, 3.8) is 0 Å². The van der Waals surface area contributed by atoms with Crippen molar-refractivity contribution in [3.8, 4) is 0 Å². The zero-order valence-electron chi connectivity index (χ0n) is 14.7. The number of amides is 2. The Hall–Kier alpha value is -1.86. The molecular weight excluding hydrogens is 344 g/mol. The molecule has 0 aromatic carbocycles. The summed E-state index contributed by atoms with van der Waals surface area (Å²) in [6.45, 7) is 4.63. The van der Waals surface area contributed by atoms with Crippen molar-refractivity contribution in [3.05, 3.63) is 23.5 Å². The first-order valence-corrected chi connectivity index (χ1v) is 8.44. The molecule has 0 aliphatic carbocycles. The first kappa shape index (κ1) is 19.5. The molecule has 2 fully saturated rings. The SMILES string of the molecule is CC(=O)c1cc(C(=O)N2CCCC(N3CCNCC3=O)C2)n(C)c1.Cl. The van der Waals surface area contributed by atoms with Gasteiger partial charge in [0.05, 0.1) is 6.54 Å². The van der Waals surface area contributed by atoms with Gasteiger partial charge in [0.1, 0.15) is 5.69 Å². The van der Waals surface area contributed by atoms with Crippen LogP contribution in [0.3, 0.4) is 0 Å². The Kier molecular flexibility index (Phi) is 6.24. The minimum Gasteiger partial charge on any atom is -0.346 e. The minimum absolute atomic E-state index is 0. The molecule has 3 heterocycles. The van der Waals surface area contributed by atoms with E-state index in [9.17, 15) is 14.4 Å². The van der Waals surface area contributed by atoms with Gasteiger partial charge in [0.15, 0.2) is 5.78 Å². The fourth-order valence-corrected chi connectivity index (χ4v) is 3.53. The number of hydrogen-bond donors (Lipinski definition) is 1. The topological polar surface area (TPSA) is 74.7 Å². The molecular formula is C17H25ClN4O3. The van der Waals surface area contributed by atoms with Crippen LogP contribution >= 0.6 is 12.4 Å². The number of piperidine rings is 1. The number of rotatable bonds is 3. The van der Waals surface area contributed by atoms with Crippen LogP contribution in [0.5, 0.6) is 0 Å². The number of Topliss-reactive ketones (excluding diaryl/α,β-unsaturated/α-hetero) is 1. The lowest BCUT2D eigenvalue weighted by atomic mass is 10.0. The predicted molar refractivity (Wildman–Crippen MR) is 96.2 cm³/mol. The second-order valence-corrected chi connectivity index (χ2v) is 6.59. The zero-order chi connectivity index (χ0) is 17.3. The molecule has 0 radical (unpaired) electrons. The lowest BCUT2D eigenvalue weighted by Crippen LogP contribution is -2.57. The lowest BCUT2D eigenvalue weighted by molar-refractivity contribution is -0.135. The van der Waals surface area contributed by atoms with E-state index < -0.39 is 0 Å². The van der Waals surface area contributed by atoms with E-state index in [0.717, 1.165) is 19.4 Å². The van der Waals surface area contributed by atoms with Gasteiger partial charge in [-0.2, -0.15) is 0 Å². The van der Waals surface area contributed by atoms with E-state index in [1.807, 2.05) is 9.80 Å². The summed E-state index contributed by atoms with van der Waals surface area (Å²) in [5.74, 6) is -0.0110. The average Bonchev–Trinajstić information content (AvgIpc) is 2.97. The highest BCUT2D eigenvalue weighted by molar-refractivity contribution is 5.99. The molecule has 138 valence electrons. The Bertz CT molecular complexity index is 673. The van der Waals surface area contributed by atoms with Gasteiger partial charge in [-0.05, 0) is 25.8 Å². The Morgan fingerprint density at radius 1 is 1.28 bits per heavy atom. The van der Waals surface area contributed by atoms with E-state index in [1.165, 1.54) is 6.92 Å². The van der Waals surface area contributed by atoms with Gasteiger partial charge >= 0.3 is 0 Å². The van der Waals surface area contributed by atoms with Gasteiger partial charge in [0.2, 0.25) is 5.91 Å². The molecule has 3 rings (SSSR count).